The van der Waals surface area contributed by atoms with Crippen molar-refractivity contribution in [2.24, 2.45) is 5.92 Å². The minimum Gasteiger partial charge on any atom is -0.238 e. The van der Waals surface area contributed by atoms with Crippen LogP contribution in [0.2, 0.25) is 0 Å². The summed E-state index contributed by atoms with van der Waals surface area (Å²) in [6.07, 6.45) is 2.97. The van der Waals surface area contributed by atoms with Crippen molar-refractivity contribution in [1.82, 2.24) is 9.97 Å². The Kier molecular flexibility index (Phi) is 8.34. The molecule has 0 spiro atoms. The van der Waals surface area contributed by atoms with Crippen molar-refractivity contribution in [2.45, 2.75) is 75.2 Å². The highest BCUT2D eigenvalue weighted by atomic mass is 14.9. The van der Waals surface area contributed by atoms with E-state index in [2.05, 4.69) is 87.9 Å². The van der Waals surface area contributed by atoms with Crippen LogP contribution in [0.25, 0.3) is 11.1 Å². The van der Waals surface area contributed by atoms with Gasteiger partial charge in [-0.25, -0.2) is 9.97 Å². The van der Waals surface area contributed by atoms with E-state index in [1.54, 1.807) is 0 Å². The minimum absolute atomic E-state index is 0. The molecule has 0 aliphatic heterocycles. The summed E-state index contributed by atoms with van der Waals surface area (Å²) in [5, 5.41) is 0. The smallest absolute Gasteiger partial charge is 0.125 e. The normalized spacial score (nSPS) is 12.4. The van der Waals surface area contributed by atoms with Crippen LogP contribution in [0.3, 0.4) is 0 Å². The zero-order valence-corrected chi connectivity index (χ0v) is 20.4. The number of nitrogens with zero attached hydrogens (tertiary/aromatic N) is 2. The summed E-state index contributed by atoms with van der Waals surface area (Å²) in [6.45, 7) is 19.1. The Morgan fingerprint density at radius 2 is 1.20 bits per heavy atom. The van der Waals surface area contributed by atoms with Crippen LogP contribution in [-0.2, 0) is 0 Å². The number of hydrogen-bond donors (Lipinski definition) is 0. The maximum Gasteiger partial charge on any atom is 0.125 e. The SMILES string of the molecule is CC1CC1.Cc1cc(C)c(C)c(C)c1.Cc1nc(C)c(-c2ccccc2C)c(C)n1.[HH]. The summed E-state index contributed by atoms with van der Waals surface area (Å²) in [5.74, 6) is 1.92. The van der Waals surface area contributed by atoms with Gasteiger partial charge in [-0.1, -0.05) is 61.7 Å². The summed E-state index contributed by atoms with van der Waals surface area (Å²) in [7, 11) is 0. The second-order valence-electron chi connectivity index (χ2n) is 8.84. The fourth-order valence-electron chi connectivity index (χ4n) is 3.55. The fraction of sp³-hybridized carbons (Fsp3) is 0.429. The van der Waals surface area contributed by atoms with Gasteiger partial charge in [-0.3, -0.25) is 0 Å². The standard InChI is InChI=1S/C14H16N2.C10H14.C4H8.H2/c1-9-7-5-6-8-13(9)14-10(2)15-12(4)16-11(14)3;1-7-5-8(2)10(4)9(3)6-7;1-4-2-3-4;/h5-8H,1-4H3;5-6H,1-4H3;4H,2-3H2,1H3;1H. The summed E-state index contributed by atoms with van der Waals surface area (Å²) < 4.78 is 0. The molecule has 2 aromatic carbocycles. The Bertz CT molecular complexity index is 958. The Labute approximate surface area is 185 Å². The molecule has 0 radical (unpaired) electrons. The Balaban J connectivity index is 0.000000272. The highest BCUT2D eigenvalue weighted by molar-refractivity contribution is 5.71. The van der Waals surface area contributed by atoms with Crippen molar-refractivity contribution in [1.29, 1.82) is 0 Å². The van der Waals surface area contributed by atoms with Gasteiger partial charge in [0.2, 0.25) is 0 Å². The van der Waals surface area contributed by atoms with E-state index in [0.29, 0.717) is 0 Å². The van der Waals surface area contributed by atoms with Gasteiger partial charge in [0, 0.05) is 18.4 Å². The first-order chi connectivity index (χ1) is 14.1. The molecule has 30 heavy (non-hydrogen) atoms. The molecule has 2 nitrogen and oxygen atoms in total. The fourth-order valence-corrected chi connectivity index (χ4v) is 3.55. The van der Waals surface area contributed by atoms with E-state index in [9.17, 15) is 0 Å². The maximum atomic E-state index is 4.44. The molecule has 0 unspecified atom stereocenters. The molecule has 1 aliphatic carbocycles. The molecule has 3 aromatic rings. The third-order valence-electron chi connectivity index (χ3n) is 5.73. The minimum atomic E-state index is 0. The number of hydrogen-bond acceptors (Lipinski definition) is 2. The third-order valence-corrected chi connectivity index (χ3v) is 5.73. The Morgan fingerprint density at radius 1 is 0.733 bits per heavy atom. The van der Waals surface area contributed by atoms with Gasteiger partial charge in [0.1, 0.15) is 5.82 Å². The average Bonchev–Trinajstić information content (AvgIpc) is 3.43. The van der Waals surface area contributed by atoms with Crippen LogP contribution in [0.1, 0.15) is 66.2 Å². The van der Waals surface area contributed by atoms with Gasteiger partial charge in [-0.05, 0) is 89.1 Å². The average molecular weight is 405 g/mol. The van der Waals surface area contributed by atoms with E-state index in [4.69, 9.17) is 0 Å². The van der Waals surface area contributed by atoms with Crippen molar-refractivity contribution in [3.05, 3.63) is 81.4 Å². The number of aromatic nitrogens is 2. The topological polar surface area (TPSA) is 25.8 Å². The molecule has 1 aromatic heterocycles. The van der Waals surface area contributed by atoms with Gasteiger partial charge in [0.15, 0.2) is 0 Å². The first kappa shape index (κ1) is 23.8. The lowest BCUT2D eigenvalue weighted by molar-refractivity contribution is 0.980. The van der Waals surface area contributed by atoms with Crippen LogP contribution in [0.4, 0.5) is 0 Å². The molecule has 0 saturated heterocycles. The van der Waals surface area contributed by atoms with E-state index >= 15 is 0 Å². The molecule has 1 heterocycles. The van der Waals surface area contributed by atoms with Crippen molar-refractivity contribution < 1.29 is 1.43 Å². The number of benzene rings is 2. The predicted molar refractivity (Wildman–Crippen MR) is 132 cm³/mol. The third kappa shape index (κ3) is 6.79. The summed E-state index contributed by atoms with van der Waals surface area (Å²) in [4.78, 5) is 8.88. The van der Waals surface area contributed by atoms with Crippen LogP contribution < -0.4 is 0 Å². The number of rotatable bonds is 1. The first-order valence-corrected chi connectivity index (χ1v) is 11.0. The molecule has 1 saturated carbocycles. The van der Waals surface area contributed by atoms with Crippen LogP contribution in [0.5, 0.6) is 0 Å². The van der Waals surface area contributed by atoms with Gasteiger partial charge in [0.05, 0.1) is 0 Å². The van der Waals surface area contributed by atoms with Crippen molar-refractivity contribution >= 4 is 0 Å². The van der Waals surface area contributed by atoms with E-state index in [1.165, 1.54) is 51.8 Å². The largest absolute Gasteiger partial charge is 0.238 e. The van der Waals surface area contributed by atoms with Crippen LogP contribution in [-0.4, -0.2) is 9.97 Å². The lowest BCUT2D eigenvalue weighted by Crippen LogP contribution is -1.99. The monoisotopic (exact) mass is 404 g/mol. The second kappa shape index (κ2) is 10.5. The highest BCUT2D eigenvalue weighted by Crippen LogP contribution is 2.28. The molecule has 0 amide bonds. The van der Waals surface area contributed by atoms with E-state index in [1.807, 2.05) is 20.8 Å². The van der Waals surface area contributed by atoms with Crippen LogP contribution >= 0.6 is 0 Å². The highest BCUT2D eigenvalue weighted by Gasteiger charge is 2.12. The zero-order chi connectivity index (χ0) is 22.4. The Hall–Kier alpha value is -2.48. The molecule has 2 heteroatoms. The van der Waals surface area contributed by atoms with Crippen LogP contribution in [0, 0.1) is 61.3 Å². The van der Waals surface area contributed by atoms with Gasteiger partial charge >= 0.3 is 0 Å². The quantitative estimate of drug-likeness (QED) is 0.411. The second-order valence-corrected chi connectivity index (χ2v) is 8.84. The molecule has 0 N–H and O–H groups in total. The van der Waals surface area contributed by atoms with Crippen molar-refractivity contribution in [3.63, 3.8) is 0 Å². The lowest BCUT2D eigenvalue weighted by atomic mass is 9.98. The van der Waals surface area contributed by atoms with Gasteiger partial charge in [-0.2, -0.15) is 0 Å². The molecule has 162 valence electrons. The van der Waals surface area contributed by atoms with Crippen LogP contribution in [0.15, 0.2) is 36.4 Å². The molecule has 0 bridgehead atoms. The molecular weight excluding hydrogens is 364 g/mol. The maximum absolute atomic E-state index is 4.44. The summed E-state index contributed by atoms with van der Waals surface area (Å²) >= 11 is 0. The lowest BCUT2D eigenvalue weighted by Gasteiger charge is -2.11. The van der Waals surface area contributed by atoms with Gasteiger partial charge in [0.25, 0.3) is 0 Å². The molecular formula is C28H40N2. The van der Waals surface area contributed by atoms with E-state index in [0.717, 1.165) is 23.1 Å². The van der Waals surface area contributed by atoms with Gasteiger partial charge < -0.3 is 0 Å². The van der Waals surface area contributed by atoms with E-state index in [-0.39, 0.29) is 1.43 Å². The first-order valence-electron chi connectivity index (χ1n) is 11.0. The Morgan fingerprint density at radius 3 is 1.63 bits per heavy atom. The molecule has 0 atom stereocenters. The zero-order valence-electron chi connectivity index (χ0n) is 20.4. The van der Waals surface area contributed by atoms with Crippen molar-refractivity contribution in [3.8, 4) is 11.1 Å². The summed E-state index contributed by atoms with van der Waals surface area (Å²) in [5.41, 5.74) is 11.4. The van der Waals surface area contributed by atoms with Crippen molar-refractivity contribution in [2.75, 3.05) is 0 Å². The van der Waals surface area contributed by atoms with E-state index < -0.39 is 0 Å². The predicted octanol–water partition coefficient (Wildman–Crippen LogP) is 7.96. The molecule has 1 fully saturated rings. The molecule has 4 rings (SSSR count). The van der Waals surface area contributed by atoms with Gasteiger partial charge in [-0.15, -0.1) is 0 Å². The number of aryl methyl sites for hydroxylation is 7. The molecule has 1 aliphatic rings. The summed E-state index contributed by atoms with van der Waals surface area (Å²) in [6, 6.07) is 12.8.